The first-order chi connectivity index (χ1) is 10.3. The van der Waals surface area contributed by atoms with Gasteiger partial charge in [-0.1, -0.05) is 42.5 Å². The zero-order valence-corrected chi connectivity index (χ0v) is 13.6. The maximum Gasteiger partial charge on any atom is 0.131 e. The molecule has 3 rings (SSSR count). The molecule has 1 aliphatic carbocycles. The van der Waals surface area contributed by atoms with Crippen LogP contribution in [0.3, 0.4) is 0 Å². The van der Waals surface area contributed by atoms with Gasteiger partial charge in [0.15, 0.2) is 0 Å². The van der Waals surface area contributed by atoms with Crippen LogP contribution in [0.2, 0.25) is 0 Å². The molecule has 2 aromatic rings. The molecule has 108 valence electrons. The number of benzene rings is 2. The quantitative estimate of drug-likeness (QED) is 0.516. The van der Waals surface area contributed by atoms with Crippen molar-refractivity contribution in [3.8, 4) is 11.1 Å². The molecule has 0 saturated heterocycles. The van der Waals surface area contributed by atoms with Crippen molar-refractivity contribution >= 4 is 14.6 Å². The van der Waals surface area contributed by atoms with Crippen molar-refractivity contribution < 1.29 is 0 Å². The Morgan fingerprint density at radius 3 is 2.71 bits per heavy atom. The fourth-order valence-corrected chi connectivity index (χ4v) is 3.53. The Kier molecular flexibility index (Phi) is 4.36. The van der Waals surface area contributed by atoms with Gasteiger partial charge in [0.05, 0.1) is 0 Å². The lowest BCUT2D eigenvalue weighted by Gasteiger charge is -2.14. The molecule has 21 heavy (non-hydrogen) atoms. The number of hydrogen-bond acceptors (Lipinski definition) is 1. The number of amidine groups is 1. The summed E-state index contributed by atoms with van der Waals surface area (Å²) in [6, 6.07) is 15.4. The minimum Gasteiger partial charge on any atom is -0.352 e. The van der Waals surface area contributed by atoms with Gasteiger partial charge in [0.1, 0.15) is 5.84 Å². The second kappa shape index (κ2) is 6.41. The molecule has 1 unspecified atom stereocenters. The summed E-state index contributed by atoms with van der Waals surface area (Å²) in [4.78, 5) is 4.42. The Morgan fingerprint density at radius 1 is 1.10 bits per heavy atom. The van der Waals surface area contributed by atoms with Crippen LogP contribution in [-0.2, 0) is 12.8 Å². The Morgan fingerprint density at radius 2 is 1.90 bits per heavy atom. The highest BCUT2D eigenvalue weighted by Gasteiger charge is 2.14. The molecule has 0 heterocycles. The molecular formula is C18H21N2P. The van der Waals surface area contributed by atoms with Crippen LogP contribution in [0.25, 0.3) is 11.1 Å². The van der Waals surface area contributed by atoms with Crippen molar-refractivity contribution in [3.05, 3.63) is 59.2 Å². The zero-order valence-electron chi connectivity index (χ0n) is 12.6. The summed E-state index contributed by atoms with van der Waals surface area (Å²) in [5, 5.41) is 3.39. The van der Waals surface area contributed by atoms with Gasteiger partial charge in [-0.25, -0.2) is 0 Å². The fraction of sp³-hybridized carbons (Fsp3) is 0.278. The molecule has 0 aliphatic heterocycles. The SMILES string of the molecule is CN=C(NPC)c1ccccc1-c1ccc2c(c1)CCC2. The third kappa shape index (κ3) is 2.87. The lowest BCUT2D eigenvalue weighted by Crippen LogP contribution is -2.16. The minimum atomic E-state index is 0.649. The van der Waals surface area contributed by atoms with E-state index < -0.39 is 0 Å². The van der Waals surface area contributed by atoms with E-state index >= 15 is 0 Å². The zero-order chi connectivity index (χ0) is 14.7. The summed E-state index contributed by atoms with van der Waals surface area (Å²) in [6.07, 6.45) is 3.74. The van der Waals surface area contributed by atoms with Gasteiger partial charge in [-0.05, 0) is 56.9 Å². The summed E-state index contributed by atoms with van der Waals surface area (Å²) >= 11 is 0. The van der Waals surface area contributed by atoms with Crippen molar-refractivity contribution in [2.24, 2.45) is 4.99 Å². The highest BCUT2D eigenvalue weighted by molar-refractivity contribution is 7.35. The van der Waals surface area contributed by atoms with Crippen LogP contribution in [0, 0.1) is 0 Å². The average Bonchev–Trinajstić information content (AvgIpc) is 3.00. The number of nitrogens with one attached hydrogen (secondary N) is 1. The van der Waals surface area contributed by atoms with Gasteiger partial charge in [0, 0.05) is 12.6 Å². The summed E-state index contributed by atoms with van der Waals surface area (Å²) in [5.74, 6) is 0.979. The topological polar surface area (TPSA) is 24.4 Å². The Hall–Kier alpha value is -1.66. The largest absolute Gasteiger partial charge is 0.352 e. The molecular weight excluding hydrogens is 275 g/mol. The number of aryl methyl sites for hydroxylation is 2. The molecule has 1 atom stereocenters. The number of hydrogen-bond donors (Lipinski definition) is 1. The van der Waals surface area contributed by atoms with E-state index in [0.29, 0.717) is 8.73 Å². The van der Waals surface area contributed by atoms with Gasteiger partial charge < -0.3 is 5.09 Å². The van der Waals surface area contributed by atoms with Crippen molar-refractivity contribution in [1.29, 1.82) is 0 Å². The van der Waals surface area contributed by atoms with Crippen LogP contribution in [-0.4, -0.2) is 19.5 Å². The third-order valence-corrected chi connectivity index (χ3v) is 4.55. The van der Waals surface area contributed by atoms with Gasteiger partial charge in [-0.3, -0.25) is 4.99 Å². The Labute approximate surface area is 128 Å². The van der Waals surface area contributed by atoms with Gasteiger partial charge >= 0.3 is 0 Å². The highest BCUT2D eigenvalue weighted by atomic mass is 31.1. The second-order valence-electron chi connectivity index (χ2n) is 5.33. The predicted octanol–water partition coefficient (Wildman–Crippen LogP) is 4.03. The summed E-state index contributed by atoms with van der Waals surface area (Å²) in [7, 11) is 2.50. The first kappa shape index (κ1) is 14.3. The lowest BCUT2D eigenvalue weighted by atomic mass is 9.96. The molecule has 0 aromatic heterocycles. The first-order valence-electron chi connectivity index (χ1n) is 7.44. The molecule has 0 amide bonds. The van der Waals surface area contributed by atoms with Crippen LogP contribution in [0.15, 0.2) is 47.5 Å². The third-order valence-electron chi connectivity index (χ3n) is 4.06. The molecule has 0 spiro atoms. The van der Waals surface area contributed by atoms with E-state index in [0.717, 1.165) is 5.84 Å². The molecule has 0 saturated carbocycles. The van der Waals surface area contributed by atoms with E-state index in [4.69, 9.17) is 0 Å². The first-order valence-corrected chi connectivity index (χ1v) is 8.94. The predicted molar refractivity (Wildman–Crippen MR) is 93.7 cm³/mol. The van der Waals surface area contributed by atoms with E-state index in [1.807, 2.05) is 7.05 Å². The Bertz CT molecular complexity index is 677. The van der Waals surface area contributed by atoms with E-state index in [-0.39, 0.29) is 0 Å². The molecule has 0 radical (unpaired) electrons. The van der Waals surface area contributed by atoms with E-state index in [9.17, 15) is 0 Å². The second-order valence-corrected chi connectivity index (χ2v) is 6.08. The van der Waals surface area contributed by atoms with Crippen LogP contribution in [0.5, 0.6) is 0 Å². The summed E-state index contributed by atoms with van der Waals surface area (Å²) < 4.78 is 0. The smallest absolute Gasteiger partial charge is 0.131 e. The standard InChI is InChI=1S/C18H21N2P/c1-19-18(20-21-2)17-9-4-3-8-16(17)15-11-10-13-6-5-7-14(13)12-15/h3-4,8-12,21H,5-7H2,1-2H3,(H,19,20). The molecule has 1 N–H and O–H groups in total. The highest BCUT2D eigenvalue weighted by Crippen LogP contribution is 2.30. The van der Waals surface area contributed by atoms with Gasteiger partial charge in [0.25, 0.3) is 0 Å². The van der Waals surface area contributed by atoms with Crippen molar-refractivity contribution in [3.63, 3.8) is 0 Å². The van der Waals surface area contributed by atoms with E-state index in [2.05, 4.69) is 59.2 Å². The van der Waals surface area contributed by atoms with Crippen LogP contribution in [0.1, 0.15) is 23.1 Å². The van der Waals surface area contributed by atoms with Gasteiger partial charge in [0.2, 0.25) is 0 Å². The minimum absolute atomic E-state index is 0.649. The van der Waals surface area contributed by atoms with Crippen molar-refractivity contribution in [2.75, 3.05) is 13.7 Å². The number of rotatable bonds is 3. The maximum absolute atomic E-state index is 4.42. The van der Waals surface area contributed by atoms with Gasteiger partial charge in [-0.15, -0.1) is 0 Å². The van der Waals surface area contributed by atoms with Gasteiger partial charge in [-0.2, -0.15) is 0 Å². The molecule has 3 heteroatoms. The summed E-state index contributed by atoms with van der Waals surface area (Å²) in [5.41, 5.74) is 6.79. The lowest BCUT2D eigenvalue weighted by molar-refractivity contribution is 0.912. The number of fused-ring (bicyclic) bond motifs is 1. The fourth-order valence-electron chi connectivity index (χ4n) is 3.04. The van der Waals surface area contributed by atoms with E-state index in [1.165, 1.54) is 47.1 Å². The van der Waals surface area contributed by atoms with Crippen LogP contribution in [0.4, 0.5) is 0 Å². The monoisotopic (exact) mass is 296 g/mol. The normalized spacial score (nSPS) is 14.7. The molecule has 0 fully saturated rings. The van der Waals surface area contributed by atoms with Crippen LogP contribution < -0.4 is 5.09 Å². The molecule has 2 nitrogen and oxygen atoms in total. The number of aliphatic imine (C=N–C) groups is 1. The number of nitrogens with zero attached hydrogens (tertiary/aromatic N) is 1. The van der Waals surface area contributed by atoms with Crippen molar-refractivity contribution in [2.45, 2.75) is 19.3 Å². The molecule has 1 aliphatic rings. The van der Waals surface area contributed by atoms with E-state index in [1.54, 1.807) is 0 Å². The summed E-state index contributed by atoms with van der Waals surface area (Å²) in [6.45, 7) is 2.13. The van der Waals surface area contributed by atoms with Crippen LogP contribution >= 0.6 is 8.73 Å². The Balaban J connectivity index is 2.06. The van der Waals surface area contributed by atoms with Crippen molar-refractivity contribution in [1.82, 2.24) is 5.09 Å². The molecule has 2 aromatic carbocycles. The average molecular weight is 296 g/mol. The maximum atomic E-state index is 4.42. The molecule has 0 bridgehead atoms.